The van der Waals surface area contributed by atoms with Crippen molar-refractivity contribution in [1.82, 2.24) is 0 Å². The van der Waals surface area contributed by atoms with Crippen molar-refractivity contribution < 1.29 is 9.47 Å². The first-order chi connectivity index (χ1) is 8.08. The van der Waals surface area contributed by atoms with Gasteiger partial charge >= 0.3 is 0 Å². The SMILES string of the molecule is CCOc1ccc(CC(C)C(N)=S)cc1OC. The zero-order valence-electron chi connectivity index (χ0n) is 10.5. The summed E-state index contributed by atoms with van der Waals surface area (Å²) in [4.78, 5) is 0.540. The molecule has 0 saturated heterocycles. The molecule has 0 aliphatic heterocycles. The summed E-state index contributed by atoms with van der Waals surface area (Å²) in [5.74, 6) is 1.70. The van der Waals surface area contributed by atoms with Crippen LogP contribution in [-0.4, -0.2) is 18.7 Å². The molecular weight excluding hydrogens is 234 g/mol. The van der Waals surface area contributed by atoms with Gasteiger partial charge in [0.25, 0.3) is 0 Å². The molecule has 94 valence electrons. The van der Waals surface area contributed by atoms with E-state index in [1.165, 1.54) is 0 Å². The Morgan fingerprint density at radius 3 is 2.65 bits per heavy atom. The highest BCUT2D eigenvalue weighted by atomic mass is 32.1. The van der Waals surface area contributed by atoms with Gasteiger partial charge in [-0.2, -0.15) is 0 Å². The number of ether oxygens (including phenoxy) is 2. The van der Waals surface area contributed by atoms with E-state index in [1.54, 1.807) is 7.11 Å². The molecule has 0 aliphatic rings. The van der Waals surface area contributed by atoms with Crippen molar-refractivity contribution in [2.24, 2.45) is 11.7 Å². The molecule has 0 amide bonds. The van der Waals surface area contributed by atoms with Crippen LogP contribution in [0, 0.1) is 5.92 Å². The van der Waals surface area contributed by atoms with Gasteiger partial charge in [-0.25, -0.2) is 0 Å². The van der Waals surface area contributed by atoms with Crippen molar-refractivity contribution >= 4 is 17.2 Å². The van der Waals surface area contributed by atoms with Crippen molar-refractivity contribution in [3.05, 3.63) is 23.8 Å². The third-order valence-corrected chi connectivity index (χ3v) is 2.96. The van der Waals surface area contributed by atoms with Gasteiger partial charge < -0.3 is 15.2 Å². The van der Waals surface area contributed by atoms with Crippen molar-refractivity contribution in [1.29, 1.82) is 0 Å². The Balaban J connectivity index is 2.85. The van der Waals surface area contributed by atoms with E-state index in [0.29, 0.717) is 11.6 Å². The third-order valence-electron chi connectivity index (χ3n) is 2.56. The standard InChI is InChI=1S/C13H19NO2S/c1-4-16-11-6-5-10(8-12(11)15-3)7-9(2)13(14)17/h5-6,8-9H,4,7H2,1-3H3,(H2,14,17). The predicted molar refractivity (Wildman–Crippen MR) is 73.8 cm³/mol. The number of nitrogens with two attached hydrogens (primary N) is 1. The van der Waals surface area contributed by atoms with Gasteiger partial charge in [0.1, 0.15) is 0 Å². The summed E-state index contributed by atoms with van der Waals surface area (Å²) in [7, 11) is 1.64. The molecule has 0 aromatic heterocycles. The molecule has 3 nitrogen and oxygen atoms in total. The maximum absolute atomic E-state index is 5.61. The van der Waals surface area contributed by atoms with Crippen molar-refractivity contribution in [2.45, 2.75) is 20.3 Å². The van der Waals surface area contributed by atoms with Gasteiger partial charge in [0, 0.05) is 5.92 Å². The fourth-order valence-electron chi connectivity index (χ4n) is 1.57. The van der Waals surface area contributed by atoms with Gasteiger partial charge in [-0.15, -0.1) is 0 Å². The Bertz CT molecular complexity index is 393. The van der Waals surface area contributed by atoms with Crippen LogP contribution in [0.4, 0.5) is 0 Å². The molecule has 1 rings (SSSR count). The summed E-state index contributed by atoms with van der Waals surface area (Å²) in [6, 6.07) is 5.91. The molecule has 0 fully saturated rings. The van der Waals surface area contributed by atoms with Crippen LogP contribution in [0.3, 0.4) is 0 Å². The topological polar surface area (TPSA) is 44.5 Å². The van der Waals surface area contributed by atoms with Gasteiger partial charge in [-0.05, 0) is 31.0 Å². The Labute approximate surface area is 108 Å². The first kappa shape index (κ1) is 13.8. The van der Waals surface area contributed by atoms with E-state index in [9.17, 15) is 0 Å². The second-order valence-corrected chi connectivity index (χ2v) is 4.40. The van der Waals surface area contributed by atoms with E-state index in [0.717, 1.165) is 23.5 Å². The fraction of sp³-hybridized carbons (Fsp3) is 0.462. The maximum Gasteiger partial charge on any atom is 0.161 e. The van der Waals surface area contributed by atoms with Gasteiger partial charge in [-0.1, -0.05) is 25.2 Å². The second kappa shape index (κ2) is 6.45. The quantitative estimate of drug-likeness (QED) is 0.791. The highest BCUT2D eigenvalue weighted by Gasteiger charge is 2.09. The lowest BCUT2D eigenvalue weighted by Crippen LogP contribution is -2.20. The summed E-state index contributed by atoms with van der Waals surface area (Å²) in [5, 5.41) is 0. The highest BCUT2D eigenvalue weighted by molar-refractivity contribution is 7.80. The zero-order chi connectivity index (χ0) is 12.8. The van der Waals surface area contributed by atoms with Gasteiger partial charge in [-0.3, -0.25) is 0 Å². The highest BCUT2D eigenvalue weighted by Crippen LogP contribution is 2.28. The first-order valence-corrected chi connectivity index (χ1v) is 6.08. The fourth-order valence-corrected chi connectivity index (χ4v) is 1.65. The van der Waals surface area contributed by atoms with Crippen molar-refractivity contribution in [2.75, 3.05) is 13.7 Å². The lowest BCUT2D eigenvalue weighted by atomic mass is 10.0. The van der Waals surface area contributed by atoms with Crippen LogP contribution in [-0.2, 0) is 6.42 Å². The molecule has 0 saturated carbocycles. The summed E-state index contributed by atoms with van der Waals surface area (Å²) in [6.45, 7) is 4.59. The van der Waals surface area contributed by atoms with E-state index >= 15 is 0 Å². The summed E-state index contributed by atoms with van der Waals surface area (Å²) in [6.07, 6.45) is 0.818. The molecule has 0 bridgehead atoms. The first-order valence-electron chi connectivity index (χ1n) is 5.67. The van der Waals surface area contributed by atoms with E-state index in [1.807, 2.05) is 32.0 Å². The van der Waals surface area contributed by atoms with Crippen LogP contribution in [0.25, 0.3) is 0 Å². The molecular formula is C13H19NO2S. The van der Waals surface area contributed by atoms with Crippen LogP contribution in [0.15, 0.2) is 18.2 Å². The minimum atomic E-state index is 0.188. The van der Waals surface area contributed by atoms with Gasteiger partial charge in [0.2, 0.25) is 0 Å². The molecule has 4 heteroatoms. The minimum Gasteiger partial charge on any atom is -0.493 e. The average molecular weight is 253 g/mol. The molecule has 0 heterocycles. The largest absolute Gasteiger partial charge is 0.493 e. The third kappa shape index (κ3) is 3.89. The molecule has 0 aliphatic carbocycles. The number of thiocarbonyl (C=S) groups is 1. The number of methoxy groups -OCH3 is 1. The molecule has 2 N–H and O–H groups in total. The molecule has 1 aromatic rings. The number of hydrogen-bond acceptors (Lipinski definition) is 3. The summed E-state index contributed by atoms with van der Waals surface area (Å²) >= 11 is 4.97. The molecule has 1 aromatic carbocycles. The Kier molecular flexibility index (Phi) is 5.22. The van der Waals surface area contributed by atoms with Crippen LogP contribution < -0.4 is 15.2 Å². The zero-order valence-corrected chi connectivity index (χ0v) is 11.3. The van der Waals surface area contributed by atoms with E-state index in [-0.39, 0.29) is 5.92 Å². The minimum absolute atomic E-state index is 0.188. The van der Waals surface area contributed by atoms with Crippen molar-refractivity contribution in [3.8, 4) is 11.5 Å². The lowest BCUT2D eigenvalue weighted by molar-refractivity contribution is 0.310. The normalized spacial score (nSPS) is 11.9. The lowest BCUT2D eigenvalue weighted by Gasteiger charge is -2.13. The molecule has 17 heavy (non-hydrogen) atoms. The predicted octanol–water partition coefficient (Wildman–Crippen LogP) is 2.56. The van der Waals surface area contributed by atoms with E-state index < -0.39 is 0 Å². The maximum atomic E-state index is 5.61. The van der Waals surface area contributed by atoms with E-state index in [2.05, 4.69) is 0 Å². The van der Waals surface area contributed by atoms with Crippen LogP contribution in [0.2, 0.25) is 0 Å². The molecule has 1 atom stereocenters. The van der Waals surface area contributed by atoms with E-state index in [4.69, 9.17) is 27.4 Å². The second-order valence-electron chi connectivity index (χ2n) is 3.93. The number of hydrogen-bond donors (Lipinski definition) is 1. The number of benzene rings is 1. The van der Waals surface area contributed by atoms with Crippen LogP contribution >= 0.6 is 12.2 Å². The summed E-state index contributed by atoms with van der Waals surface area (Å²) in [5.41, 5.74) is 6.75. The monoisotopic (exact) mass is 253 g/mol. The molecule has 1 unspecified atom stereocenters. The van der Waals surface area contributed by atoms with Gasteiger partial charge in [0.05, 0.1) is 18.7 Å². The van der Waals surface area contributed by atoms with Crippen molar-refractivity contribution in [3.63, 3.8) is 0 Å². The molecule has 0 spiro atoms. The average Bonchev–Trinajstić information content (AvgIpc) is 2.31. The Morgan fingerprint density at radius 1 is 1.41 bits per heavy atom. The Morgan fingerprint density at radius 2 is 2.12 bits per heavy atom. The van der Waals surface area contributed by atoms with Crippen LogP contribution in [0.5, 0.6) is 11.5 Å². The van der Waals surface area contributed by atoms with Gasteiger partial charge in [0.15, 0.2) is 11.5 Å². The Hall–Kier alpha value is -1.29. The summed E-state index contributed by atoms with van der Waals surface area (Å²) < 4.78 is 10.8. The smallest absolute Gasteiger partial charge is 0.161 e. The molecule has 0 radical (unpaired) electrons. The van der Waals surface area contributed by atoms with Crippen LogP contribution in [0.1, 0.15) is 19.4 Å². The number of rotatable bonds is 6.